The normalized spacial score (nSPS) is 13.5. The van der Waals surface area contributed by atoms with Gasteiger partial charge in [0.2, 0.25) is 0 Å². The number of nitrogens with zero attached hydrogens (tertiary/aromatic N) is 1. The van der Waals surface area contributed by atoms with Crippen molar-refractivity contribution in [1.29, 1.82) is 0 Å². The van der Waals surface area contributed by atoms with Crippen molar-refractivity contribution in [2.45, 2.75) is 277 Å². The predicted octanol–water partition coefficient (Wildman–Crippen LogP) is 18.5. The molecule has 0 bridgehead atoms. The van der Waals surface area contributed by atoms with E-state index in [0.29, 0.717) is 17.4 Å². The van der Waals surface area contributed by atoms with E-state index in [2.05, 4.69) is 123 Å². The average Bonchev–Trinajstić information content (AvgIpc) is 3.43. The lowest BCUT2D eigenvalue weighted by Crippen LogP contribution is -2.44. The summed E-state index contributed by atoms with van der Waals surface area (Å²) in [7, 11) is 5.92. The highest BCUT2D eigenvalue weighted by atomic mass is 16.7. The van der Waals surface area contributed by atoms with Crippen LogP contribution in [-0.2, 0) is 33.3 Å². The summed E-state index contributed by atoms with van der Waals surface area (Å²) in [6.07, 6.45) is 81.5. The summed E-state index contributed by atoms with van der Waals surface area (Å²) in [6.45, 7) is 4.62. The van der Waals surface area contributed by atoms with Crippen LogP contribution in [0, 0.1) is 0 Å². The molecule has 0 amide bonds. The molecule has 0 saturated carbocycles. The van der Waals surface area contributed by atoms with Gasteiger partial charge in [-0.05, 0) is 103 Å². The van der Waals surface area contributed by atoms with Crippen molar-refractivity contribution in [1.82, 2.24) is 0 Å². The molecule has 9 heteroatoms. The van der Waals surface area contributed by atoms with E-state index in [0.717, 1.165) is 103 Å². The third-order valence-corrected chi connectivity index (χ3v) is 13.8. The first kappa shape index (κ1) is 76.0. The molecule has 2 atom stereocenters. The van der Waals surface area contributed by atoms with Gasteiger partial charge >= 0.3 is 11.9 Å². The number of unbranched alkanes of at least 4 members (excludes halogenated alkanes) is 26. The third kappa shape index (κ3) is 61.6. The maximum absolute atomic E-state index is 12.9. The monoisotopic (exact) mass is 1120 g/mol. The van der Waals surface area contributed by atoms with Crippen LogP contribution in [0.2, 0.25) is 0 Å². The number of hydrogen-bond donors (Lipinski definition) is 0. The van der Waals surface area contributed by atoms with Gasteiger partial charge in [-0.3, -0.25) is 9.59 Å². The van der Waals surface area contributed by atoms with Crippen LogP contribution in [0.5, 0.6) is 0 Å². The van der Waals surface area contributed by atoms with E-state index in [-0.39, 0.29) is 38.6 Å². The third-order valence-electron chi connectivity index (χ3n) is 13.8. The molecule has 0 fully saturated rings. The van der Waals surface area contributed by atoms with E-state index in [4.69, 9.17) is 18.9 Å². The Bertz CT molecular complexity index is 1680. The van der Waals surface area contributed by atoms with Crippen molar-refractivity contribution >= 4 is 17.9 Å². The number of ether oxygens (including phenoxy) is 4. The molecule has 0 rings (SSSR count). The van der Waals surface area contributed by atoms with Gasteiger partial charge in [0.15, 0.2) is 12.4 Å². The largest absolute Gasteiger partial charge is 0.545 e. The summed E-state index contributed by atoms with van der Waals surface area (Å²) < 4.78 is 22.7. The average molecular weight is 1120 g/mol. The Morgan fingerprint density at radius 3 is 1.06 bits per heavy atom. The molecule has 0 aromatic carbocycles. The quantitative estimate of drug-likeness (QED) is 0.0195. The number of carbonyl (C=O) groups is 3. The zero-order valence-electron chi connectivity index (χ0n) is 52.2. The van der Waals surface area contributed by atoms with Gasteiger partial charge in [-0.15, -0.1) is 0 Å². The molecule has 0 aliphatic heterocycles. The zero-order valence-corrected chi connectivity index (χ0v) is 52.2. The Hall–Kier alpha value is -4.05. The first-order valence-electron chi connectivity index (χ1n) is 32.5. The lowest BCUT2D eigenvalue weighted by atomic mass is 10.0. The molecule has 458 valence electrons. The Balaban J connectivity index is 4.12. The van der Waals surface area contributed by atoms with Crippen LogP contribution >= 0.6 is 0 Å². The molecule has 0 saturated heterocycles. The Morgan fingerprint density at radius 1 is 0.388 bits per heavy atom. The van der Waals surface area contributed by atoms with Crippen LogP contribution in [0.3, 0.4) is 0 Å². The number of aliphatic carboxylic acids is 1. The van der Waals surface area contributed by atoms with Gasteiger partial charge in [0.05, 0.1) is 40.3 Å². The smallest absolute Gasteiger partial charge is 0.306 e. The number of esters is 2. The molecule has 0 N–H and O–H groups in total. The van der Waals surface area contributed by atoms with Gasteiger partial charge in [0, 0.05) is 12.8 Å². The number of hydrogen-bond acceptors (Lipinski definition) is 8. The highest BCUT2D eigenvalue weighted by Crippen LogP contribution is 2.16. The number of carbonyl (C=O) groups excluding carboxylic acids is 3. The van der Waals surface area contributed by atoms with Gasteiger partial charge in [-0.1, -0.05) is 258 Å². The van der Waals surface area contributed by atoms with Gasteiger partial charge in [0.1, 0.15) is 13.2 Å². The molecule has 0 aromatic heterocycles. The lowest BCUT2D eigenvalue weighted by molar-refractivity contribution is -0.870. The van der Waals surface area contributed by atoms with Crippen LogP contribution in [0.15, 0.2) is 109 Å². The lowest BCUT2D eigenvalue weighted by Gasteiger charge is -2.26. The molecule has 0 heterocycles. The second kappa shape index (κ2) is 61.0. The van der Waals surface area contributed by atoms with Crippen LogP contribution in [0.25, 0.3) is 0 Å². The van der Waals surface area contributed by atoms with E-state index in [1.807, 2.05) is 21.1 Å². The summed E-state index contributed by atoms with van der Waals surface area (Å²) >= 11 is 0. The molecule has 0 radical (unpaired) electrons. The second-order valence-corrected chi connectivity index (χ2v) is 22.7. The fourth-order valence-corrected chi connectivity index (χ4v) is 8.78. The van der Waals surface area contributed by atoms with Crippen molar-refractivity contribution in [2.75, 3.05) is 47.5 Å². The van der Waals surface area contributed by atoms with Crippen molar-refractivity contribution in [3.63, 3.8) is 0 Å². The highest BCUT2D eigenvalue weighted by molar-refractivity contribution is 5.70. The molecule has 80 heavy (non-hydrogen) atoms. The number of quaternary nitrogens is 1. The SMILES string of the molecule is CC/C=C\C/C=C\C/C=C\C/C=C\C/C=C\C/C=C\C/C=C\CCCCCCCCCCCCCCCCCC(=O)OC(COC(=O)CCCCCCCCC/C=C\C/C=C\CCCCCC)COC(OCC[N+](C)(C)C)C(=O)[O-]. The first-order chi connectivity index (χ1) is 39.1. The van der Waals surface area contributed by atoms with Gasteiger partial charge in [0.25, 0.3) is 0 Å². The first-order valence-corrected chi connectivity index (χ1v) is 32.5. The van der Waals surface area contributed by atoms with E-state index >= 15 is 0 Å². The van der Waals surface area contributed by atoms with Crippen molar-refractivity contribution in [3.05, 3.63) is 109 Å². The Labute approximate surface area is 492 Å². The van der Waals surface area contributed by atoms with Crippen LogP contribution in [-0.4, -0.2) is 82.3 Å². The topological polar surface area (TPSA) is 111 Å². The second-order valence-electron chi connectivity index (χ2n) is 22.7. The predicted molar refractivity (Wildman–Crippen MR) is 338 cm³/mol. The summed E-state index contributed by atoms with van der Waals surface area (Å²) in [5, 5.41) is 11.8. The van der Waals surface area contributed by atoms with Crippen molar-refractivity contribution in [2.24, 2.45) is 0 Å². The van der Waals surface area contributed by atoms with Gasteiger partial charge in [-0.25, -0.2) is 0 Å². The molecular weight excluding hydrogens is 995 g/mol. The fourth-order valence-electron chi connectivity index (χ4n) is 8.78. The molecule has 2 unspecified atom stereocenters. The molecule has 0 spiro atoms. The van der Waals surface area contributed by atoms with Crippen molar-refractivity contribution < 1.29 is 42.9 Å². The van der Waals surface area contributed by atoms with E-state index in [1.54, 1.807) is 0 Å². The van der Waals surface area contributed by atoms with Gasteiger partial charge in [-0.2, -0.15) is 0 Å². The number of allylic oxidation sites excluding steroid dienone is 18. The van der Waals surface area contributed by atoms with Gasteiger partial charge < -0.3 is 33.3 Å². The van der Waals surface area contributed by atoms with E-state index in [9.17, 15) is 19.5 Å². The Morgan fingerprint density at radius 2 is 0.713 bits per heavy atom. The molecule has 0 aromatic rings. The zero-order chi connectivity index (χ0) is 58.3. The van der Waals surface area contributed by atoms with Crippen LogP contribution in [0.4, 0.5) is 0 Å². The Kier molecular flexibility index (Phi) is 57.9. The molecule has 9 nitrogen and oxygen atoms in total. The summed E-state index contributed by atoms with van der Waals surface area (Å²) in [5.74, 6) is -2.29. The minimum Gasteiger partial charge on any atom is -0.545 e. The van der Waals surface area contributed by atoms with Crippen molar-refractivity contribution in [3.8, 4) is 0 Å². The van der Waals surface area contributed by atoms with Crippen LogP contribution < -0.4 is 5.11 Å². The minimum atomic E-state index is -1.63. The maximum atomic E-state index is 12.9. The number of carboxylic acid groups (broad SMARTS) is 1. The number of carboxylic acids is 1. The fraction of sp³-hybridized carbons (Fsp3) is 0.704. The highest BCUT2D eigenvalue weighted by Gasteiger charge is 2.22. The molecule has 0 aliphatic rings. The number of likely N-dealkylation sites (N-methyl/N-ethyl adjacent to an activating group) is 1. The number of rotatable bonds is 59. The summed E-state index contributed by atoms with van der Waals surface area (Å²) in [4.78, 5) is 37.4. The standard InChI is InChI=1S/C71H121NO8/c1-6-8-10-12-14-16-18-20-22-24-26-27-28-29-30-31-32-33-34-35-36-37-38-39-40-41-42-43-44-46-48-50-52-54-56-58-60-62-69(74)80-67(66-79-71(70(75)76)77-64-63-72(3,4)5)65-78-68(73)61-59-57-55-53-51-49-47-45-25-23-21-19-17-15-13-11-9-7-2/h8,10,14,16-17,19-20,22-23,25-27,29-30,32-33,35-36,67,71H,6-7,9,11-13,15,18,21,24,28,31,34,37-66H2,1-5H3/b10-8-,16-14-,19-17-,22-20-,25-23-,27-26-,30-29-,33-32-,36-35-. The van der Waals surface area contributed by atoms with Crippen LogP contribution in [0.1, 0.15) is 264 Å². The summed E-state index contributed by atoms with van der Waals surface area (Å²) in [6, 6.07) is 0. The summed E-state index contributed by atoms with van der Waals surface area (Å²) in [5.41, 5.74) is 0. The maximum Gasteiger partial charge on any atom is 0.306 e. The minimum absolute atomic E-state index is 0.143. The van der Waals surface area contributed by atoms with E-state index in [1.165, 1.54) is 128 Å². The van der Waals surface area contributed by atoms with E-state index < -0.39 is 24.3 Å². The molecular formula is C71H121NO8. The molecule has 0 aliphatic carbocycles.